The number of imidazole rings is 1. The summed E-state index contributed by atoms with van der Waals surface area (Å²) in [7, 11) is 0. The van der Waals surface area contributed by atoms with Crippen LogP contribution in [0.5, 0.6) is 0 Å². The van der Waals surface area contributed by atoms with Gasteiger partial charge in [0.15, 0.2) is 0 Å². The topological polar surface area (TPSA) is 48.5 Å². The van der Waals surface area contributed by atoms with Gasteiger partial charge in [-0.25, -0.2) is 0 Å². The number of ether oxygens (including phenoxy) is 1. The second kappa shape index (κ2) is 8.67. The van der Waals surface area contributed by atoms with Crippen LogP contribution in [-0.2, 0) is 28.9 Å². The van der Waals surface area contributed by atoms with Crippen molar-refractivity contribution in [3.8, 4) is 0 Å². The zero-order chi connectivity index (χ0) is 19.3. The Kier molecular flexibility index (Phi) is 6.81. The fourth-order valence-corrected chi connectivity index (χ4v) is 3.29. The number of rotatable bonds is 6. The lowest BCUT2D eigenvalue weighted by Gasteiger charge is -2.19. The van der Waals surface area contributed by atoms with E-state index in [2.05, 4.69) is 49.1 Å². The van der Waals surface area contributed by atoms with Gasteiger partial charge in [0.1, 0.15) is 9.30 Å². The monoisotopic (exact) mass is 465 g/mol. The van der Waals surface area contributed by atoms with Crippen molar-refractivity contribution in [2.24, 2.45) is 0 Å². The first-order valence-electron chi connectivity index (χ1n) is 8.65. The van der Waals surface area contributed by atoms with Crippen LogP contribution in [0.15, 0.2) is 24.3 Å². The minimum absolute atomic E-state index is 0.172. The lowest BCUT2D eigenvalue weighted by molar-refractivity contribution is -0.154. The van der Waals surface area contributed by atoms with Crippen molar-refractivity contribution in [2.45, 2.75) is 59.1 Å². The lowest BCUT2D eigenvalue weighted by Crippen LogP contribution is -2.24. The van der Waals surface area contributed by atoms with Crippen molar-refractivity contribution in [2.75, 3.05) is 0 Å². The maximum absolute atomic E-state index is 11.8. The van der Waals surface area contributed by atoms with Crippen LogP contribution in [-0.4, -0.2) is 21.1 Å². The predicted octanol–water partition coefficient (Wildman–Crippen LogP) is 4.92. The summed E-state index contributed by atoms with van der Waals surface area (Å²) < 4.78 is 8.30. The molecular formula is C20H24IN3O2. The van der Waals surface area contributed by atoms with E-state index in [0.29, 0.717) is 25.2 Å². The number of aryl methyl sites for hydroxylation is 2. The van der Waals surface area contributed by atoms with E-state index in [1.54, 1.807) is 0 Å². The summed E-state index contributed by atoms with van der Waals surface area (Å²) in [5.41, 5.74) is 1.81. The van der Waals surface area contributed by atoms with Gasteiger partial charge in [-0.3, -0.25) is 4.79 Å². The Balaban J connectivity index is 2.01. The van der Waals surface area contributed by atoms with Crippen LogP contribution in [0, 0.1) is 10.3 Å². The highest BCUT2D eigenvalue weighted by Crippen LogP contribution is 2.24. The predicted molar refractivity (Wildman–Crippen MR) is 110 cm³/mol. The van der Waals surface area contributed by atoms with Crippen molar-refractivity contribution < 1.29 is 9.53 Å². The average molecular weight is 465 g/mol. The molecule has 1 aromatic carbocycles. The summed E-state index contributed by atoms with van der Waals surface area (Å²) in [6.07, 6.45) is 1.84. The van der Waals surface area contributed by atoms with Gasteiger partial charge in [-0.15, -0.1) is 4.98 Å². The fraction of sp³-hybridized carbons (Fsp3) is 0.450. The van der Waals surface area contributed by atoms with Gasteiger partial charge in [0.2, 0.25) is 5.82 Å². The maximum Gasteiger partial charge on any atom is 0.306 e. The van der Waals surface area contributed by atoms with E-state index in [0.717, 1.165) is 27.1 Å². The van der Waals surface area contributed by atoms with Crippen molar-refractivity contribution >= 4 is 34.4 Å². The Bertz CT molecular complexity index is 811. The summed E-state index contributed by atoms with van der Waals surface area (Å²) in [5, 5.41) is 0. The van der Waals surface area contributed by atoms with E-state index in [-0.39, 0.29) is 5.97 Å². The zero-order valence-corrected chi connectivity index (χ0v) is 17.8. The maximum atomic E-state index is 11.8. The molecule has 138 valence electrons. The Hall–Kier alpha value is -1.88. The van der Waals surface area contributed by atoms with E-state index < -0.39 is 5.60 Å². The number of hydrogen-bond acceptors (Lipinski definition) is 3. The van der Waals surface area contributed by atoms with Gasteiger partial charge in [-0.2, -0.15) is 0 Å². The molecule has 0 atom stereocenters. The molecule has 0 aliphatic heterocycles. The number of esters is 1. The highest BCUT2D eigenvalue weighted by atomic mass is 127. The van der Waals surface area contributed by atoms with Crippen LogP contribution in [0.25, 0.3) is 4.85 Å². The first-order chi connectivity index (χ1) is 12.2. The molecule has 0 aliphatic rings. The van der Waals surface area contributed by atoms with E-state index in [4.69, 9.17) is 11.3 Å². The summed E-state index contributed by atoms with van der Waals surface area (Å²) in [4.78, 5) is 19.7. The Morgan fingerprint density at radius 3 is 2.42 bits per heavy atom. The summed E-state index contributed by atoms with van der Waals surface area (Å²) in [5.74, 6) is 1.22. The van der Waals surface area contributed by atoms with Gasteiger partial charge in [-0.05, 0) is 60.9 Å². The Morgan fingerprint density at radius 2 is 1.88 bits per heavy atom. The molecule has 0 fully saturated rings. The molecule has 0 saturated heterocycles. The first-order valence-corrected chi connectivity index (χ1v) is 9.73. The molecule has 6 heteroatoms. The minimum atomic E-state index is -0.440. The molecule has 2 rings (SSSR count). The quantitative estimate of drug-likeness (QED) is 0.346. The molecule has 26 heavy (non-hydrogen) atoms. The summed E-state index contributed by atoms with van der Waals surface area (Å²) in [6, 6.07) is 8.23. The van der Waals surface area contributed by atoms with Crippen LogP contribution in [0.1, 0.15) is 51.1 Å². The SMILES string of the molecule is [C-]#[N+]c1nc(CC)n(Cc2ccc(CCC(=O)OC(C)(C)C)cc2)c1I. The number of aromatic nitrogens is 2. The van der Waals surface area contributed by atoms with Crippen LogP contribution in [0.4, 0.5) is 5.82 Å². The molecule has 0 saturated carbocycles. The molecule has 1 aromatic heterocycles. The standard InChI is InChI=1S/C20H24IN3O2/c1-6-16-23-19(22-5)18(21)24(16)13-15-9-7-14(8-10-15)11-12-17(25)26-20(2,3)4/h7-10H,6,11-13H2,1-4H3. The molecule has 0 aliphatic carbocycles. The molecule has 0 bridgehead atoms. The summed E-state index contributed by atoms with van der Waals surface area (Å²) in [6.45, 7) is 15.6. The van der Waals surface area contributed by atoms with Gasteiger partial charge in [0.25, 0.3) is 0 Å². The van der Waals surface area contributed by atoms with Gasteiger partial charge < -0.3 is 14.1 Å². The third-order valence-electron chi connectivity index (χ3n) is 3.79. The largest absolute Gasteiger partial charge is 0.460 e. The second-order valence-electron chi connectivity index (χ2n) is 7.10. The van der Waals surface area contributed by atoms with Crippen molar-refractivity contribution in [3.05, 3.63) is 56.3 Å². The molecule has 0 spiro atoms. The van der Waals surface area contributed by atoms with Crippen LogP contribution >= 0.6 is 22.6 Å². The molecular weight excluding hydrogens is 441 g/mol. The highest BCUT2D eigenvalue weighted by molar-refractivity contribution is 14.1. The molecule has 2 aromatic rings. The van der Waals surface area contributed by atoms with Gasteiger partial charge in [0.05, 0.1) is 6.54 Å². The number of nitrogens with zero attached hydrogens (tertiary/aromatic N) is 3. The van der Waals surface area contributed by atoms with E-state index in [1.807, 2.05) is 39.8 Å². The van der Waals surface area contributed by atoms with Crippen LogP contribution < -0.4 is 0 Å². The van der Waals surface area contributed by atoms with E-state index in [1.165, 1.54) is 0 Å². The van der Waals surface area contributed by atoms with Crippen molar-refractivity contribution in [3.63, 3.8) is 0 Å². The van der Waals surface area contributed by atoms with Crippen LogP contribution in [0.2, 0.25) is 0 Å². The molecule has 5 nitrogen and oxygen atoms in total. The molecule has 0 radical (unpaired) electrons. The number of carbonyl (C=O) groups is 1. The van der Waals surface area contributed by atoms with Crippen molar-refractivity contribution in [1.82, 2.24) is 9.55 Å². The molecule has 0 unspecified atom stereocenters. The zero-order valence-electron chi connectivity index (χ0n) is 15.7. The second-order valence-corrected chi connectivity index (χ2v) is 8.12. The van der Waals surface area contributed by atoms with Crippen molar-refractivity contribution in [1.29, 1.82) is 0 Å². The fourth-order valence-electron chi connectivity index (χ4n) is 2.60. The van der Waals surface area contributed by atoms with Gasteiger partial charge >= 0.3 is 11.8 Å². The number of halogens is 1. The Morgan fingerprint density at radius 1 is 1.27 bits per heavy atom. The third-order valence-corrected chi connectivity index (χ3v) is 4.86. The number of hydrogen-bond donors (Lipinski definition) is 0. The first kappa shape index (κ1) is 20.4. The highest BCUT2D eigenvalue weighted by Gasteiger charge is 2.17. The molecule has 0 amide bonds. The lowest BCUT2D eigenvalue weighted by atomic mass is 10.1. The molecule has 1 heterocycles. The van der Waals surface area contributed by atoms with Crippen LogP contribution in [0.3, 0.4) is 0 Å². The Labute approximate surface area is 168 Å². The third kappa shape index (κ3) is 5.56. The minimum Gasteiger partial charge on any atom is -0.460 e. The van der Waals surface area contributed by atoms with Gasteiger partial charge in [0, 0.05) is 12.8 Å². The number of carbonyl (C=O) groups excluding carboxylic acids is 1. The smallest absolute Gasteiger partial charge is 0.306 e. The van der Waals surface area contributed by atoms with Gasteiger partial charge in [-0.1, -0.05) is 37.8 Å². The molecule has 0 N–H and O–H groups in total. The van der Waals surface area contributed by atoms with E-state index in [9.17, 15) is 4.79 Å². The average Bonchev–Trinajstić information content (AvgIpc) is 2.88. The normalized spacial score (nSPS) is 11.2. The summed E-state index contributed by atoms with van der Waals surface area (Å²) >= 11 is 2.18. The van der Waals surface area contributed by atoms with E-state index >= 15 is 0 Å². The number of benzene rings is 1.